The Kier molecular flexibility index (Phi) is 4.23. The third kappa shape index (κ3) is 3.03. The topological polar surface area (TPSA) is 41.6 Å². The van der Waals surface area contributed by atoms with E-state index in [1.807, 2.05) is 30.3 Å². The van der Waals surface area contributed by atoms with Gasteiger partial charge in [0, 0.05) is 5.02 Å². The first kappa shape index (κ1) is 12.9. The molecule has 96 valence electrons. The molecule has 5 heteroatoms. The van der Waals surface area contributed by atoms with Crippen LogP contribution in [0, 0.1) is 0 Å². The molecule has 1 heterocycles. The molecule has 1 N–H and O–H groups in total. The molecule has 0 aliphatic carbocycles. The number of hydrazine groups is 1. The molecule has 0 bridgehead atoms. The standard InChI is InChI=1S/C13H15ClN2O2/c1-2-3-12(10-4-6-11(14)7-5-10)15-16-8-9-18-13(16)17/h2,4-7,12,15H,1,3,8-9H2/t12-/m0/s1. The average Bonchev–Trinajstić information content (AvgIpc) is 2.76. The molecule has 1 atom stereocenters. The summed E-state index contributed by atoms with van der Waals surface area (Å²) in [5.74, 6) is 0. The minimum atomic E-state index is -0.335. The van der Waals surface area contributed by atoms with Crippen molar-refractivity contribution in [2.45, 2.75) is 12.5 Å². The highest BCUT2D eigenvalue weighted by atomic mass is 35.5. The predicted octanol–water partition coefficient (Wildman–Crippen LogP) is 2.91. The van der Waals surface area contributed by atoms with Gasteiger partial charge in [-0.15, -0.1) is 6.58 Å². The van der Waals surface area contributed by atoms with Crippen molar-refractivity contribution in [1.29, 1.82) is 0 Å². The van der Waals surface area contributed by atoms with E-state index < -0.39 is 0 Å². The highest BCUT2D eigenvalue weighted by Crippen LogP contribution is 2.20. The van der Waals surface area contributed by atoms with E-state index in [1.165, 1.54) is 5.01 Å². The van der Waals surface area contributed by atoms with E-state index in [9.17, 15) is 4.79 Å². The maximum absolute atomic E-state index is 11.4. The van der Waals surface area contributed by atoms with Gasteiger partial charge in [0.15, 0.2) is 0 Å². The molecule has 1 aromatic carbocycles. The summed E-state index contributed by atoms with van der Waals surface area (Å²) in [7, 11) is 0. The van der Waals surface area contributed by atoms with E-state index >= 15 is 0 Å². The Balaban J connectivity index is 2.09. The molecule has 0 spiro atoms. The molecule has 0 aromatic heterocycles. The van der Waals surface area contributed by atoms with Crippen molar-refractivity contribution in [3.63, 3.8) is 0 Å². The third-order valence-corrected chi connectivity index (χ3v) is 3.00. The number of hydrogen-bond acceptors (Lipinski definition) is 3. The molecule has 1 saturated heterocycles. The van der Waals surface area contributed by atoms with E-state index in [2.05, 4.69) is 12.0 Å². The summed E-state index contributed by atoms with van der Waals surface area (Å²) >= 11 is 5.86. The predicted molar refractivity (Wildman–Crippen MR) is 70.2 cm³/mol. The van der Waals surface area contributed by atoms with Gasteiger partial charge in [-0.25, -0.2) is 15.2 Å². The van der Waals surface area contributed by atoms with Gasteiger partial charge in [0.2, 0.25) is 0 Å². The summed E-state index contributed by atoms with van der Waals surface area (Å²) in [6.45, 7) is 4.72. The molecule has 2 rings (SSSR count). The molecular formula is C13H15ClN2O2. The Morgan fingerprint density at radius 2 is 2.22 bits per heavy atom. The van der Waals surface area contributed by atoms with Crippen LogP contribution in [0.5, 0.6) is 0 Å². The lowest BCUT2D eigenvalue weighted by atomic mass is 10.0. The molecule has 1 aliphatic heterocycles. The van der Waals surface area contributed by atoms with Crippen molar-refractivity contribution in [2.24, 2.45) is 0 Å². The van der Waals surface area contributed by atoms with Gasteiger partial charge in [0.1, 0.15) is 6.61 Å². The van der Waals surface area contributed by atoms with Crippen LogP contribution in [0.25, 0.3) is 0 Å². The van der Waals surface area contributed by atoms with E-state index in [0.717, 1.165) is 5.56 Å². The van der Waals surface area contributed by atoms with E-state index in [-0.39, 0.29) is 12.1 Å². The number of halogens is 1. The highest BCUT2D eigenvalue weighted by Gasteiger charge is 2.24. The first-order chi connectivity index (χ1) is 8.70. The molecule has 4 nitrogen and oxygen atoms in total. The van der Waals surface area contributed by atoms with Gasteiger partial charge >= 0.3 is 6.09 Å². The normalized spacial score (nSPS) is 16.5. The average molecular weight is 267 g/mol. The van der Waals surface area contributed by atoms with Gasteiger partial charge in [-0.3, -0.25) is 0 Å². The molecule has 1 amide bonds. The van der Waals surface area contributed by atoms with Crippen molar-refractivity contribution < 1.29 is 9.53 Å². The van der Waals surface area contributed by atoms with Gasteiger partial charge in [0.25, 0.3) is 0 Å². The zero-order valence-electron chi connectivity index (χ0n) is 9.93. The number of amides is 1. The minimum Gasteiger partial charge on any atom is -0.447 e. The second-order valence-electron chi connectivity index (χ2n) is 4.02. The summed E-state index contributed by atoms with van der Waals surface area (Å²) in [5.41, 5.74) is 4.20. The second-order valence-corrected chi connectivity index (χ2v) is 4.46. The number of cyclic esters (lactones) is 1. The summed E-state index contributed by atoms with van der Waals surface area (Å²) < 4.78 is 4.88. The lowest BCUT2D eigenvalue weighted by Gasteiger charge is -2.23. The summed E-state index contributed by atoms with van der Waals surface area (Å²) in [5, 5.41) is 2.18. The van der Waals surface area contributed by atoms with Crippen molar-refractivity contribution in [3.05, 3.63) is 47.5 Å². The van der Waals surface area contributed by atoms with Crippen LogP contribution in [0.15, 0.2) is 36.9 Å². The maximum Gasteiger partial charge on any atom is 0.424 e. The monoisotopic (exact) mass is 266 g/mol. The largest absolute Gasteiger partial charge is 0.447 e. The van der Waals surface area contributed by atoms with Gasteiger partial charge in [-0.05, 0) is 24.1 Å². The summed E-state index contributed by atoms with van der Waals surface area (Å²) in [6.07, 6.45) is 2.19. The third-order valence-electron chi connectivity index (χ3n) is 2.75. The van der Waals surface area contributed by atoms with Crippen LogP contribution in [-0.2, 0) is 4.74 Å². The summed E-state index contributed by atoms with van der Waals surface area (Å²) in [6, 6.07) is 7.52. The smallest absolute Gasteiger partial charge is 0.424 e. The van der Waals surface area contributed by atoms with Crippen LogP contribution in [-0.4, -0.2) is 24.3 Å². The fraction of sp³-hybridized carbons (Fsp3) is 0.308. The van der Waals surface area contributed by atoms with Crippen molar-refractivity contribution in [3.8, 4) is 0 Å². The molecule has 1 aliphatic rings. The Morgan fingerprint density at radius 1 is 1.50 bits per heavy atom. The zero-order chi connectivity index (χ0) is 13.0. The Hall–Kier alpha value is -1.52. The second kappa shape index (κ2) is 5.89. The number of nitrogens with zero attached hydrogens (tertiary/aromatic N) is 1. The molecular weight excluding hydrogens is 252 g/mol. The van der Waals surface area contributed by atoms with Gasteiger partial charge in [-0.1, -0.05) is 29.8 Å². The van der Waals surface area contributed by atoms with Crippen molar-refractivity contribution >= 4 is 17.7 Å². The molecule has 0 saturated carbocycles. The fourth-order valence-corrected chi connectivity index (χ4v) is 1.95. The number of carbonyl (C=O) groups is 1. The lowest BCUT2D eigenvalue weighted by molar-refractivity contribution is 0.138. The molecule has 0 radical (unpaired) electrons. The van der Waals surface area contributed by atoms with Crippen molar-refractivity contribution in [1.82, 2.24) is 10.4 Å². The highest BCUT2D eigenvalue weighted by molar-refractivity contribution is 6.30. The number of benzene rings is 1. The van der Waals surface area contributed by atoms with E-state index in [4.69, 9.17) is 16.3 Å². The van der Waals surface area contributed by atoms with Gasteiger partial charge in [-0.2, -0.15) is 0 Å². The van der Waals surface area contributed by atoms with Crippen LogP contribution in [0.4, 0.5) is 4.79 Å². The van der Waals surface area contributed by atoms with Crippen LogP contribution in [0.1, 0.15) is 18.0 Å². The number of nitrogens with one attached hydrogen (secondary N) is 1. The zero-order valence-corrected chi connectivity index (χ0v) is 10.7. The molecule has 18 heavy (non-hydrogen) atoms. The minimum absolute atomic E-state index is 0.00887. The Bertz CT molecular complexity index is 433. The van der Waals surface area contributed by atoms with Gasteiger partial charge in [0.05, 0.1) is 12.6 Å². The lowest BCUT2D eigenvalue weighted by Crippen LogP contribution is -2.41. The van der Waals surface area contributed by atoms with E-state index in [1.54, 1.807) is 0 Å². The van der Waals surface area contributed by atoms with Crippen LogP contribution < -0.4 is 5.43 Å². The van der Waals surface area contributed by atoms with Crippen LogP contribution >= 0.6 is 11.6 Å². The quantitative estimate of drug-likeness (QED) is 0.833. The first-order valence-corrected chi connectivity index (χ1v) is 6.15. The van der Waals surface area contributed by atoms with Crippen LogP contribution in [0.2, 0.25) is 5.02 Å². The summed E-state index contributed by atoms with van der Waals surface area (Å²) in [4.78, 5) is 11.4. The number of carbonyl (C=O) groups excluding carboxylic acids is 1. The Labute approximate surface area is 111 Å². The first-order valence-electron chi connectivity index (χ1n) is 5.77. The number of hydrogen-bond donors (Lipinski definition) is 1. The number of ether oxygens (including phenoxy) is 1. The van der Waals surface area contributed by atoms with Gasteiger partial charge < -0.3 is 4.74 Å². The fourth-order valence-electron chi connectivity index (χ4n) is 1.82. The molecule has 1 aromatic rings. The van der Waals surface area contributed by atoms with Crippen LogP contribution in [0.3, 0.4) is 0 Å². The molecule has 1 fully saturated rings. The SMILES string of the molecule is C=CC[C@H](NN1CCOC1=O)c1ccc(Cl)cc1. The van der Waals surface area contributed by atoms with Crippen molar-refractivity contribution in [2.75, 3.05) is 13.2 Å². The maximum atomic E-state index is 11.4. The van der Waals surface area contributed by atoms with E-state index in [0.29, 0.717) is 24.6 Å². The number of rotatable bonds is 5. The molecule has 0 unspecified atom stereocenters. The Morgan fingerprint density at radius 3 is 2.78 bits per heavy atom.